The van der Waals surface area contributed by atoms with Gasteiger partial charge in [0, 0.05) is 11.0 Å². The van der Waals surface area contributed by atoms with Crippen LogP contribution in [0.3, 0.4) is 0 Å². The molecule has 0 aliphatic rings. The van der Waals surface area contributed by atoms with E-state index in [1.54, 1.807) is 0 Å². The fourth-order valence-electron chi connectivity index (χ4n) is 2.11. The Labute approximate surface area is 158 Å². The number of hydrogen-bond donors (Lipinski definition) is 0. The molecular weight excluding hydrogens is 382 g/mol. The van der Waals surface area contributed by atoms with Crippen LogP contribution in [0.25, 0.3) is 21.5 Å². The van der Waals surface area contributed by atoms with Crippen LogP contribution in [-0.4, -0.2) is 11.0 Å². The van der Waals surface area contributed by atoms with Crippen molar-refractivity contribution in [2.45, 2.75) is 6.92 Å². The smallest absolute Gasteiger partial charge is 0.358 e. The summed E-state index contributed by atoms with van der Waals surface area (Å²) in [4.78, 5) is 0. The number of rotatable bonds is 0. The Morgan fingerprint density at radius 3 is 2.05 bits per heavy atom. The number of halogens is 2. The van der Waals surface area contributed by atoms with Crippen LogP contribution >= 0.6 is 24.8 Å². The van der Waals surface area contributed by atoms with Crippen molar-refractivity contribution in [3.05, 3.63) is 68.9 Å². The van der Waals surface area contributed by atoms with Gasteiger partial charge in [0.2, 0.25) is 0 Å². The second kappa shape index (κ2) is 11.6. The fourth-order valence-corrected chi connectivity index (χ4v) is 2.11. The molecule has 0 amide bonds. The second-order valence-corrected chi connectivity index (χ2v) is 3.82. The van der Waals surface area contributed by atoms with Crippen LogP contribution in [-0.2, 0) is 26.2 Å². The van der Waals surface area contributed by atoms with Gasteiger partial charge in [0.25, 0.3) is 0 Å². The summed E-state index contributed by atoms with van der Waals surface area (Å²) in [6.45, 7) is 2.15. The quantitative estimate of drug-likeness (QED) is 0.350. The third-order valence-corrected chi connectivity index (χ3v) is 2.76. The number of aryl methyl sites for hydroxylation is 1. The summed E-state index contributed by atoms with van der Waals surface area (Å²) in [5.41, 5.74) is 1.34. The average molecular weight is 402 g/mol. The maximum atomic E-state index is 2.26. The Morgan fingerprint density at radius 1 is 0.850 bits per heavy atom. The normalized spacial score (nSPS) is 7.85. The first-order valence-corrected chi connectivity index (χ1v) is 4.89. The van der Waals surface area contributed by atoms with E-state index in [1.165, 1.54) is 27.1 Å². The van der Waals surface area contributed by atoms with Gasteiger partial charge in [0.05, 0.1) is 0 Å². The van der Waals surface area contributed by atoms with Gasteiger partial charge in [-0.2, -0.15) is 6.07 Å². The van der Waals surface area contributed by atoms with E-state index in [-0.39, 0.29) is 76.8 Å². The van der Waals surface area contributed by atoms with Gasteiger partial charge in [-0.25, -0.2) is 0 Å². The standard InChI is InChI=1S/C14H11.2CH3.2ClH.Si.Zr/c1-10-8-12-7-6-11-4-2-3-5-13(11)14(12)9-10;;;;;;/h2-9H,1H3;2*1H3;2*1H;;/q3*-1;;;;+3. The van der Waals surface area contributed by atoms with Gasteiger partial charge in [-0.1, -0.05) is 48.0 Å². The number of hydrogen-bond acceptors (Lipinski definition) is 0. The molecule has 0 unspecified atom stereocenters. The Kier molecular flexibility index (Phi) is 16.4. The third kappa shape index (κ3) is 5.07. The van der Waals surface area contributed by atoms with Gasteiger partial charge in [0.1, 0.15) is 0 Å². The Hall–Kier alpha value is -0.01000. The summed E-state index contributed by atoms with van der Waals surface area (Å²) in [5, 5.41) is 5.41. The minimum absolute atomic E-state index is 0. The van der Waals surface area contributed by atoms with Gasteiger partial charge in [0.15, 0.2) is 0 Å². The second-order valence-electron chi connectivity index (χ2n) is 3.82. The Bertz CT molecular complexity index is 620. The van der Waals surface area contributed by atoms with Crippen LogP contribution in [0, 0.1) is 21.8 Å². The first-order chi connectivity index (χ1) is 6.84. The van der Waals surface area contributed by atoms with Gasteiger partial charge in [-0.15, -0.1) is 53.3 Å². The maximum absolute atomic E-state index is 2.26. The molecule has 0 fully saturated rings. The molecule has 0 aliphatic heterocycles. The predicted molar refractivity (Wildman–Crippen MR) is 94.9 cm³/mol. The molecule has 3 aromatic carbocycles. The van der Waals surface area contributed by atoms with Crippen molar-refractivity contribution in [1.29, 1.82) is 0 Å². The number of fused-ring (bicyclic) bond motifs is 3. The van der Waals surface area contributed by atoms with E-state index in [0.29, 0.717) is 0 Å². The van der Waals surface area contributed by atoms with Crippen molar-refractivity contribution >= 4 is 57.3 Å². The predicted octanol–water partition coefficient (Wildman–Crippen LogP) is 5.38. The van der Waals surface area contributed by atoms with E-state index >= 15 is 0 Å². The molecule has 0 aromatic heterocycles. The molecule has 4 heteroatoms. The molecule has 3 rings (SSSR count). The minimum atomic E-state index is 0. The molecule has 5 radical (unpaired) electrons. The molecule has 0 saturated heterocycles. The summed E-state index contributed by atoms with van der Waals surface area (Å²) < 4.78 is 0. The molecule has 0 aliphatic carbocycles. The molecule has 0 nitrogen and oxygen atoms in total. The summed E-state index contributed by atoms with van der Waals surface area (Å²) >= 11 is 0. The molecule has 20 heavy (non-hydrogen) atoms. The van der Waals surface area contributed by atoms with Crippen LogP contribution in [0.1, 0.15) is 5.56 Å². The first-order valence-electron chi connectivity index (χ1n) is 4.89. The summed E-state index contributed by atoms with van der Waals surface area (Å²) in [5.74, 6) is 0. The zero-order valence-corrected chi connectivity index (χ0v) is 17.0. The average Bonchev–Trinajstić information content (AvgIpc) is 2.59. The van der Waals surface area contributed by atoms with Crippen LogP contribution in [0.5, 0.6) is 0 Å². The molecular formula is C16H19Cl2SiZr. The molecule has 0 N–H and O–H groups in total. The van der Waals surface area contributed by atoms with Crippen molar-refractivity contribution in [2.24, 2.45) is 0 Å². The van der Waals surface area contributed by atoms with Crippen molar-refractivity contribution in [3.63, 3.8) is 0 Å². The van der Waals surface area contributed by atoms with Gasteiger partial charge in [-0.3, -0.25) is 0 Å². The molecule has 3 aromatic rings. The zero-order chi connectivity index (χ0) is 9.54. The van der Waals surface area contributed by atoms with Gasteiger partial charge < -0.3 is 14.9 Å². The maximum Gasteiger partial charge on any atom is 3.00 e. The van der Waals surface area contributed by atoms with E-state index in [4.69, 9.17) is 0 Å². The topological polar surface area (TPSA) is 0 Å². The van der Waals surface area contributed by atoms with Crippen LogP contribution < -0.4 is 0 Å². The third-order valence-electron chi connectivity index (χ3n) is 2.76. The monoisotopic (exact) mass is 399 g/mol. The van der Waals surface area contributed by atoms with Crippen molar-refractivity contribution in [1.82, 2.24) is 0 Å². The largest absolute Gasteiger partial charge is 3.00 e. The van der Waals surface area contributed by atoms with E-state index in [1.807, 2.05) is 0 Å². The van der Waals surface area contributed by atoms with Crippen LogP contribution in [0.2, 0.25) is 0 Å². The summed E-state index contributed by atoms with van der Waals surface area (Å²) in [6.07, 6.45) is 0. The van der Waals surface area contributed by atoms with E-state index in [0.717, 1.165) is 0 Å². The van der Waals surface area contributed by atoms with E-state index in [2.05, 4.69) is 55.5 Å². The molecule has 0 spiro atoms. The van der Waals surface area contributed by atoms with E-state index in [9.17, 15) is 0 Å². The SMILES string of the molecule is Cc1cc2ccc3ccccc3c2[cH-]1.Cl.Cl.[CH3-].[CH3-].[Si].[Zr+3]. The first kappa shape index (κ1) is 28.2. The molecule has 105 valence electrons. The van der Waals surface area contributed by atoms with Crippen molar-refractivity contribution in [3.8, 4) is 0 Å². The Morgan fingerprint density at radius 2 is 1.40 bits per heavy atom. The minimum Gasteiger partial charge on any atom is -0.358 e. The summed E-state index contributed by atoms with van der Waals surface area (Å²) in [7, 11) is 0. The Balaban J connectivity index is -0.000000213. The van der Waals surface area contributed by atoms with Crippen molar-refractivity contribution < 1.29 is 26.2 Å². The molecule has 0 atom stereocenters. The van der Waals surface area contributed by atoms with E-state index < -0.39 is 0 Å². The zero-order valence-electron chi connectivity index (χ0n) is 11.9. The van der Waals surface area contributed by atoms with Gasteiger partial charge >= 0.3 is 26.2 Å². The van der Waals surface area contributed by atoms with Crippen molar-refractivity contribution in [2.75, 3.05) is 0 Å². The fraction of sp³-hybridized carbons (Fsp3) is 0.0625. The number of benzene rings is 2. The molecule has 0 saturated carbocycles. The molecule has 0 bridgehead atoms. The molecule has 0 heterocycles. The summed E-state index contributed by atoms with van der Waals surface area (Å²) in [6, 6.07) is 17.4. The van der Waals surface area contributed by atoms with Crippen LogP contribution in [0.4, 0.5) is 0 Å². The van der Waals surface area contributed by atoms with Crippen LogP contribution in [0.15, 0.2) is 48.5 Å². The van der Waals surface area contributed by atoms with Gasteiger partial charge in [-0.05, 0) is 0 Å².